The number of aromatic nitrogens is 3. The Morgan fingerprint density at radius 3 is 1.58 bits per heavy atom. The van der Waals surface area contributed by atoms with Crippen molar-refractivity contribution in [3.8, 4) is 61.7 Å². The minimum Gasteiger partial charge on any atom is -0.276 e. The first-order valence-electron chi connectivity index (χ1n) is 16.7. The third-order valence-corrected chi connectivity index (χ3v) is 9.81. The maximum atomic E-state index is 5.37. The first-order valence-corrected chi connectivity index (χ1v) is 17.5. The first kappa shape index (κ1) is 30.0. The smallest absolute Gasteiger partial charge is 0.147 e. The van der Waals surface area contributed by atoms with E-state index in [9.17, 15) is 0 Å². The van der Waals surface area contributed by atoms with E-state index in [1.165, 1.54) is 27.8 Å². The van der Waals surface area contributed by atoms with Gasteiger partial charge in [0.2, 0.25) is 0 Å². The largest absolute Gasteiger partial charge is 0.276 e. The second kappa shape index (κ2) is 12.7. The number of benzene rings is 7. The van der Waals surface area contributed by atoms with Crippen molar-refractivity contribution in [3.63, 3.8) is 0 Å². The molecule has 0 N–H and O–H groups in total. The normalized spacial score (nSPS) is 11.3. The van der Waals surface area contributed by atoms with E-state index < -0.39 is 0 Å². The Hall–Kier alpha value is -6.10. The second-order valence-electron chi connectivity index (χ2n) is 12.3. The number of nitrogens with zero attached hydrogens (tertiary/aromatic N) is 3. The molecular formula is C46H30BrN3. The van der Waals surface area contributed by atoms with Gasteiger partial charge in [-0.25, -0.2) is 9.97 Å². The molecule has 4 heteroatoms. The van der Waals surface area contributed by atoms with Crippen molar-refractivity contribution >= 4 is 37.7 Å². The molecule has 0 spiro atoms. The van der Waals surface area contributed by atoms with E-state index in [2.05, 4.69) is 172 Å². The number of rotatable bonds is 6. The molecule has 0 aliphatic rings. The summed E-state index contributed by atoms with van der Waals surface area (Å²) in [5.74, 6) is 1.65. The minimum atomic E-state index is 0.814. The number of hydrogen-bond acceptors (Lipinski definition) is 2. The maximum absolute atomic E-state index is 5.37. The predicted molar refractivity (Wildman–Crippen MR) is 211 cm³/mol. The van der Waals surface area contributed by atoms with Gasteiger partial charge in [-0.1, -0.05) is 162 Å². The van der Waals surface area contributed by atoms with Crippen LogP contribution in [0.1, 0.15) is 0 Å². The van der Waals surface area contributed by atoms with E-state index in [1.54, 1.807) is 0 Å². The summed E-state index contributed by atoms with van der Waals surface area (Å²) in [6, 6.07) is 62.2. The molecule has 0 amide bonds. The molecule has 0 radical (unpaired) electrons. The van der Waals surface area contributed by atoms with Gasteiger partial charge in [0.15, 0.2) is 0 Å². The Labute approximate surface area is 299 Å². The van der Waals surface area contributed by atoms with Crippen LogP contribution >= 0.6 is 15.9 Å². The number of pyridine rings is 1. The quantitative estimate of drug-likeness (QED) is 0.173. The molecule has 2 aromatic heterocycles. The van der Waals surface area contributed by atoms with Crippen molar-refractivity contribution in [1.82, 2.24) is 14.5 Å². The van der Waals surface area contributed by atoms with Gasteiger partial charge in [-0.2, -0.15) is 0 Å². The molecule has 7 aromatic carbocycles. The summed E-state index contributed by atoms with van der Waals surface area (Å²) in [5, 5.41) is 2.30. The summed E-state index contributed by atoms with van der Waals surface area (Å²) in [5.41, 5.74) is 12.3. The van der Waals surface area contributed by atoms with Crippen LogP contribution in [-0.2, 0) is 0 Å². The highest BCUT2D eigenvalue weighted by molar-refractivity contribution is 9.10. The van der Waals surface area contributed by atoms with Gasteiger partial charge in [-0.15, -0.1) is 0 Å². The molecule has 3 nitrogen and oxygen atoms in total. The van der Waals surface area contributed by atoms with Crippen LogP contribution in [0.3, 0.4) is 0 Å². The van der Waals surface area contributed by atoms with Crippen LogP contribution in [0.25, 0.3) is 83.5 Å². The van der Waals surface area contributed by atoms with Crippen LogP contribution in [0.15, 0.2) is 187 Å². The summed E-state index contributed by atoms with van der Waals surface area (Å²) in [6.07, 6.45) is 1.84. The highest BCUT2D eigenvalue weighted by Crippen LogP contribution is 2.53. The lowest BCUT2D eigenvalue weighted by Crippen LogP contribution is -2.02. The third kappa shape index (κ3) is 5.13. The molecule has 0 bridgehead atoms. The van der Waals surface area contributed by atoms with Crippen LogP contribution in [0.4, 0.5) is 0 Å². The van der Waals surface area contributed by atoms with E-state index in [1.807, 2.05) is 30.5 Å². The van der Waals surface area contributed by atoms with E-state index in [0.717, 1.165) is 60.2 Å². The van der Waals surface area contributed by atoms with Crippen molar-refractivity contribution in [1.29, 1.82) is 0 Å². The number of hydrogen-bond donors (Lipinski definition) is 0. The van der Waals surface area contributed by atoms with Crippen molar-refractivity contribution < 1.29 is 0 Å². The van der Waals surface area contributed by atoms with Crippen LogP contribution < -0.4 is 0 Å². The minimum absolute atomic E-state index is 0.814. The molecule has 0 aliphatic heterocycles. The second-order valence-corrected chi connectivity index (χ2v) is 13.2. The van der Waals surface area contributed by atoms with Crippen molar-refractivity contribution in [2.75, 3.05) is 0 Å². The average Bonchev–Trinajstić information content (AvgIpc) is 3.57. The maximum Gasteiger partial charge on any atom is 0.147 e. The zero-order valence-corrected chi connectivity index (χ0v) is 28.6. The molecule has 9 rings (SSSR count). The Bertz CT molecular complexity index is 2620. The molecule has 0 atom stereocenters. The highest BCUT2D eigenvalue weighted by Gasteiger charge is 2.27. The fourth-order valence-electron chi connectivity index (χ4n) is 7.26. The Morgan fingerprint density at radius 2 is 1.00 bits per heavy atom. The topological polar surface area (TPSA) is 30.7 Å². The third-order valence-electron chi connectivity index (χ3n) is 9.32. The number of halogens is 1. The number of fused-ring (bicyclic) bond motifs is 2. The van der Waals surface area contributed by atoms with Gasteiger partial charge in [-0.05, 0) is 80.2 Å². The SMILES string of the molecule is Brc1ccc2nc(-c3cccc4c(-c5ccccc5)c(-c5ccccc5)c(-c5ccccc5)c(-c5ccccc5)c34)n(-c3ccccn3)c2c1. The molecule has 0 fully saturated rings. The van der Waals surface area contributed by atoms with E-state index in [4.69, 9.17) is 9.97 Å². The first-order chi connectivity index (χ1) is 24.8. The average molecular weight is 705 g/mol. The van der Waals surface area contributed by atoms with Crippen LogP contribution in [0.2, 0.25) is 0 Å². The van der Waals surface area contributed by atoms with Gasteiger partial charge in [0.25, 0.3) is 0 Å². The monoisotopic (exact) mass is 703 g/mol. The summed E-state index contributed by atoms with van der Waals surface area (Å²) in [6.45, 7) is 0. The Morgan fingerprint density at radius 1 is 0.460 bits per heavy atom. The van der Waals surface area contributed by atoms with Gasteiger partial charge >= 0.3 is 0 Å². The lowest BCUT2D eigenvalue weighted by Gasteiger charge is -2.25. The lowest BCUT2D eigenvalue weighted by atomic mass is 9.78. The van der Waals surface area contributed by atoms with E-state index in [-0.39, 0.29) is 0 Å². The summed E-state index contributed by atoms with van der Waals surface area (Å²) >= 11 is 3.73. The van der Waals surface area contributed by atoms with Gasteiger partial charge in [-0.3, -0.25) is 4.57 Å². The van der Waals surface area contributed by atoms with Crippen molar-refractivity contribution in [3.05, 3.63) is 187 Å². The van der Waals surface area contributed by atoms with Crippen molar-refractivity contribution in [2.45, 2.75) is 0 Å². The van der Waals surface area contributed by atoms with E-state index >= 15 is 0 Å². The molecule has 0 unspecified atom stereocenters. The molecule has 50 heavy (non-hydrogen) atoms. The molecule has 236 valence electrons. The number of imidazole rings is 1. The Balaban J connectivity index is 1.55. The van der Waals surface area contributed by atoms with Gasteiger partial charge in [0.05, 0.1) is 11.0 Å². The van der Waals surface area contributed by atoms with E-state index in [0.29, 0.717) is 0 Å². The predicted octanol–water partition coefficient (Wildman–Crippen LogP) is 12.7. The zero-order chi connectivity index (χ0) is 33.4. The summed E-state index contributed by atoms with van der Waals surface area (Å²) in [7, 11) is 0. The molecule has 0 aliphatic carbocycles. The van der Waals surface area contributed by atoms with Gasteiger partial charge in [0, 0.05) is 21.6 Å². The van der Waals surface area contributed by atoms with Gasteiger partial charge in [0.1, 0.15) is 11.6 Å². The van der Waals surface area contributed by atoms with Crippen LogP contribution in [-0.4, -0.2) is 14.5 Å². The van der Waals surface area contributed by atoms with Crippen LogP contribution in [0, 0.1) is 0 Å². The lowest BCUT2D eigenvalue weighted by molar-refractivity contribution is 1.03. The fourth-order valence-corrected chi connectivity index (χ4v) is 7.61. The fraction of sp³-hybridized carbons (Fsp3) is 0. The molecule has 0 saturated carbocycles. The Kier molecular flexibility index (Phi) is 7.64. The summed E-state index contributed by atoms with van der Waals surface area (Å²) < 4.78 is 3.18. The zero-order valence-electron chi connectivity index (χ0n) is 27.0. The highest BCUT2D eigenvalue weighted by atomic mass is 79.9. The molecule has 2 heterocycles. The standard InChI is InChI=1S/C46H30BrN3/c47-35-27-28-38-39(30-35)50(40-26-13-14-29-48-40)46(49-38)37-25-15-24-36-41(31-16-5-1-6-17-31)42(32-18-7-2-8-19-32)43(33-20-9-3-10-21-33)44(45(36)37)34-22-11-4-12-23-34/h1-30H. The molecule has 9 aromatic rings. The molecular weight excluding hydrogens is 674 g/mol. The molecule has 0 saturated heterocycles. The van der Waals surface area contributed by atoms with Crippen molar-refractivity contribution in [2.24, 2.45) is 0 Å². The van der Waals surface area contributed by atoms with Gasteiger partial charge < -0.3 is 0 Å². The summed E-state index contributed by atoms with van der Waals surface area (Å²) in [4.78, 5) is 10.2. The van der Waals surface area contributed by atoms with Crippen LogP contribution in [0.5, 0.6) is 0 Å².